The van der Waals surface area contributed by atoms with Gasteiger partial charge in [0.2, 0.25) is 0 Å². The highest BCUT2D eigenvalue weighted by Gasteiger charge is 2.26. The predicted molar refractivity (Wildman–Crippen MR) is 127 cm³/mol. The third-order valence-corrected chi connectivity index (χ3v) is 6.38. The number of hydrogen-bond acceptors (Lipinski definition) is 6. The zero-order valence-electron chi connectivity index (χ0n) is 18.3. The predicted octanol–water partition coefficient (Wildman–Crippen LogP) is 4.21. The van der Waals surface area contributed by atoms with Crippen LogP contribution in [-0.2, 0) is 0 Å². The van der Waals surface area contributed by atoms with Crippen LogP contribution in [-0.4, -0.2) is 55.1 Å². The molecular formula is C23H24FN5O3S. The Morgan fingerprint density at radius 1 is 1.00 bits per heavy atom. The van der Waals surface area contributed by atoms with Crippen LogP contribution in [0.4, 0.5) is 25.7 Å². The van der Waals surface area contributed by atoms with Crippen molar-refractivity contribution in [3.8, 4) is 5.75 Å². The molecule has 10 heteroatoms. The molecule has 3 amide bonds. The second-order valence-corrected chi connectivity index (χ2v) is 8.50. The molecule has 1 saturated heterocycles. The molecule has 2 heterocycles. The molecule has 3 aromatic rings. The summed E-state index contributed by atoms with van der Waals surface area (Å²) in [5.41, 5.74) is 2.11. The number of carbonyl (C=O) groups excluding carboxylic acids is 2. The highest BCUT2D eigenvalue weighted by atomic mass is 32.1. The molecule has 0 atom stereocenters. The van der Waals surface area contributed by atoms with E-state index in [9.17, 15) is 14.0 Å². The molecule has 33 heavy (non-hydrogen) atoms. The summed E-state index contributed by atoms with van der Waals surface area (Å²) in [6.45, 7) is 4.38. The Bertz CT molecular complexity index is 1130. The standard InChI is InChI=1S/C23H24FN5O3S/c1-15-20(33-23(25-15)27-22(31)26-17-5-3-16(24)4-6-17)21(30)29-13-11-28(12-14-29)18-7-9-19(32-2)10-8-18/h3-10H,11-14H2,1-2H3,(H2,25,26,27,31). The van der Waals surface area contributed by atoms with Gasteiger partial charge in [0, 0.05) is 37.6 Å². The smallest absolute Gasteiger partial charge is 0.325 e. The van der Waals surface area contributed by atoms with Gasteiger partial charge in [-0.3, -0.25) is 10.1 Å². The van der Waals surface area contributed by atoms with Crippen molar-refractivity contribution in [2.45, 2.75) is 6.92 Å². The average Bonchev–Trinajstić information content (AvgIpc) is 3.19. The molecule has 1 fully saturated rings. The van der Waals surface area contributed by atoms with Gasteiger partial charge in [-0.05, 0) is 55.5 Å². The van der Waals surface area contributed by atoms with Crippen LogP contribution in [0, 0.1) is 12.7 Å². The molecule has 4 rings (SSSR count). The highest BCUT2D eigenvalue weighted by Crippen LogP contribution is 2.26. The lowest BCUT2D eigenvalue weighted by atomic mass is 10.2. The summed E-state index contributed by atoms with van der Waals surface area (Å²) in [5.74, 6) is 0.333. The van der Waals surface area contributed by atoms with Gasteiger partial charge >= 0.3 is 6.03 Å². The van der Waals surface area contributed by atoms with Gasteiger partial charge in [0.05, 0.1) is 12.8 Å². The van der Waals surface area contributed by atoms with Gasteiger partial charge in [0.15, 0.2) is 5.13 Å². The van der Waals surface area contributed by atoms with E-state index in [1.54, 1.807) is 14.0 Å². The van der Waals surface area contributed by atoms with E-state index < -0.39 is 6.03 Å². The maximum Gasteiger partial charge on any atom is 0.325 e. The summed E-state index contributed by atoms with van der Waals surface area (Å²) >= 11 is 1.14. The van der Waals surface area contributed by atoms with Gasteiger partial charge < -0.3 is 19.9 Å². The highest BCUT2D eigenvalue weighted by molar-refractivity contribution is 7.17. The SMILES string of the molecule is COc1ccc(N2CCN(C(=O)c3sc(NC(=O)Nc4ccc(F)cc4)nc3C)CC2)cc1. The topological polar surface area (TPSA) is 86.8 Å². The van der Waals surface area contributed by atoms with Gasteiger partial charge in [-0.2, -0.15) is 0 Å². The average molecular weight is 470 g/mol. The Morgan fingerprint density at radius 3 is 2.30 bits per heavy atom. The Labute approximate surface area is 195 Å². The first-order valence-corrected chi connectivity index (χ1v) is 11.2. The lowest BCUT2D eigenvalue weighted by molar-refractivity contribution is 0.0750. The summed E-state index contributed by atoms with van der Waals surface area (Å²) in [7, 11) is 1.64. The number of halogens is 1. The van der Waals surface area contributed by atoms with Crippen molar-refractivity contribution < 1.29 is 18.7 Å². The van der Waals surface area contributed by atoms with Crippen LogP contribution in [0.15, 0.2) is 48.5 Å². The van der Waals surface area contributed by atoms with E-state index >= 15 is 0 Å². The number of rotatable bonds is 5. The minimum Gasteiger partial charge on any atom is -0.497 e. The Morgan fingerprint density at radius 2 is 1.67 bits per heavy atom. The van der Waals surface area contributed by atoms with Crippen LogP contribution >= 0.6 is 11.3 Å². The molecule has 2 aromatic carbocycles. The molecule has 8 nitrogen and oxygen atoms in total. The van der Waals surface area contributed by atoms with E-state index in [4.69, 9.17) is 4.74 Å². The number of urea groups is 1. The molecular weight excluding hydrogens is 445 g/mol. The van der Waals surface area contributed by atoms with E-state index in [1.807, 2.05) is 29.2 Å². The first-order valence-electron chi connectivity index (χ1n) is 10.4. The fourth-order valence-corrected chi connectivity index (χ4v) is 4.47. The van der Waals surface area contributed by atoms with Crippen molar-refractivity contribution in [1.29, 1.82) is 0 Å². The number of nitrogens with zero attached hydrogens (tertiary/aromatic N) is 3. The number of amides is 3. The molecule has 0 spiro atoms. The quantitative estimate of drug-likeness (QED) is 0.585. The molecule has 0 radical (unpaired) electrons. The summed E-state index contributed by atoms with van der Waals surface area (Å²) in [4.78, 5) is 34.1. The van der Waals surface area contributed by atoms with Crippen LogP contribution < -0.4 is 20.3 Å². The minimum absolute atomic E-state index is 0.0913. The number of aromatic nitrogens is 1. The lowest BCUT2D eigenvalue weighted by Gasteiger charge is -2.36. The summed E-state index contributed by atoms with van der Waals surface area (Å²) < 4.78 is 18.2. The van der Waals surface area contributed by atoms with Crippen LogP contribution in [0.3, 0.4) is 0 Å². The number of ether oxygens (including phenoxy) is 1. The first kappa shape index (κ1) is 22.5. The van der Waals surface area contributed by atoms with Crippen LogP contribution in [0.25, 0.3) is 0 Å². The van der Waals surface area contributed by atoms with E-state index in [1.165, 1.54) is 24.3 Å². The number of aryl methyl sites for hydroxylation is 1. The second-order valence-electron chi connectivity index (χ2n) is 7.50. The molecule has 2 N–H and O–H groups in total. The number of hydrogen-bond donors (Lipinski definition) is 2. The third kappa shape index (κ3) is 5.40. The lowest BCUT2D eigenvalue weighted by Crippen LogP contribution is -2.48. The van der Waals surface area contributed by atoms with Crippen molar-refractivity contribution in [2.75, 3.05) is 48.8 Å². The number of nitrogens with one attached hydrogen (secondary N) is 2. The van der Waals surface area contributed by atoms with Gasteiger partial charge in [0.1, 0.15) is 16.4 Å². The summed E-state index contributed by atoms with van der Waals surface area (Å²) in [5, 5.41) is 5.57. The first-order chi connectivity index (χ1) is 15.9. The van der Waals surface area contributed by atoms with Crippen molar-refractivity contribution in [3.05, 3.63) is 64.9 Å². The monoisotopic (exact) mass is 469 g/mol. The van der Waals surface area contributed by atoms with Crippen molar-refractivity contribution in [1.82, 2.24) is 9.88 Å². The fraction of sp³-hybridized carbons (Fsp3) is 0.261. The number of thiazole rings is 1. The molecule has 172 valence electrons. The number of piperazine rings is 1. The maximum atomic E-state index is 13.1. The number of methoxy groups -OCH3 is 1. The normalized spacial score (nSPS) is 13.5. The minimum atomic E-state index is -0.512. The molecule has 1 aliphatic rings. The number of anilines is 3. The van der Waals surface area contributed by atoms with Gasteiger partial charge in [-0.25, -0.2) is 14.2 Å². The second kappa shape index (κ2) is 9.86. The van der Waals surface area contributed by atoms with Crippen LogP contribution in [0.5, 0.6) is 5.75 Å². The Hall–Kier alpha value is -3.66. The van der Waals surface area contributed by atoms with Gasteiger partial charge in [-0.15, -0.1) is 0 Å². The molecule has 1 aliphatic heterocycles. The largest absolute Gasteiger partial charge is 0.497 e. The summed E-state index contributed by atoms with van der Waals surface area (Å²) in [6.07, 6.45) is 0. The van der Waals surface area contributed by atoms with E-state index in [0.717, 1.165) is 35.9 Å². The molecule has 1 aromatic heterocycles. The molecule has 0 unspecified atom stereocenters. The third-order valence-electron chi connectivity index (χ3n) is 5.32. The van der Waals surface area contributed by atoms with Crippen molar-refractivity contribution >= 4 is 39.8 Å². The zero-order chi connectivity index (χ0) is 23.4. The number of benzene rings is 2. The molecule has 0 bridgehead atoms. The molecule has 0 aliphatic carbocycles. The maximum absolute atomic E-state index is 13.1. The zero-order valence-corrected chi connectivity index (χ0v) is 19.1. The van der Waals surface area contributed by atoms with Crippen LogP contribution in [0.2, 0.25) is 0 Å². The Kier molecular flexibility index (Phi) is 6.74. The number of carbonyl (C=O) groups is 2. The Balaban J connectivity index is 1.34. The van der Waals surface area contributed by atoms with Crippen LogP contribution in [0.1, 0.15) is 15.4 Å². The van der Waals surface area contributed by atoms with Crippen molar-refractivity contribution in [3.63, 3.8) is 0 Å². The summed E-state index contributed by atoms with van der Waals surface area (Å²) in [6, 6.07) is 12.8. The van der Waals surface area contributed by atoms with E-state index in [0.29, 0.717) is 34.5 Å². The van der Waals surface area contributed by atoms with E-state index in [2.05, 4.69) is 20.5 Å². The van der Waals surface area contributed by atoms with E-state index in [-0.39, 0.29) is 11.7 Å². The fourth-order valence-electron chi connectivity index (χ4n) is 3.55. The molecule has 0 saturated carbocycles. The van der Waals surface area contributed by atoms with Gasteiger partial charge in [0.25, 0.3) is 5.91 Å². The van der Waals surface area contributed by atoms with Crippen molar-refractivity contribution in [2.24, 2.45) is 0 Å². The van der Waals surface area contributed by atoms with Gasteiger partial charge in [-0.1, -0.05) is 11.3 Å².